The van der Waals surface area contributed by atoms with E-state index in [-0.39, 0.29) is 35.8 Å². The minimum Gasteiger partial charge on any atom is -0.490 e. The number of alkyl halides is 3. The van der Waals surface area contributed by atoms with Crippen LogP contribution in [0.25, 0.3) is 0 Å². The van der Waals surface area contributed by atoms with Crippen LogP contribution in [0, 0.1) is 0 Å². The van der Waals surface area contributed by atoms with Crippen LogP contribution in [-0.4, -0.2) is 60.7 Å². The second kappa shape index (κ2) is 10.4. The number of benzene rings is 1. The van der Waals surface area contributed by atoms with Crippen molar-refractivity contribution in [2.75, 3.05) is 26.0 Å². The maximum atomic E-state index is 13.6. The predicted octanol–water partition coefficient (Wildman–Crippen LogP) is 3.18. The fraction of sp³-hybridized carbons (Fsp3) is 0.615. The van der Waals surface area contributed by atoms with Crippen molar-refractivity contribution in [2.24, 2.45) is 12.0 Å². The van der Waals surface area contributed by atoms with Crippen molar-refractivity contribution in [1.82, 2.24) is 14.7 Å². The van der Waals surface area contributed by atoms with Crippen LogP contribution in [-0.2, 0) is 39.8 Å². The molecule has 0 spiro atoms. The molecule has 1 N–H and O–H groups in total. The predicted molar refractivity (Wildman–Crippen MR) is 138 cm³/mol. The number of carbonyl (C=O) groups excluding carboxylic acids is 1. The van der Waals surface area contributed by atoms with Crippen molar-refractivity contribution in [3.05, 3.63) is 46.6 Å². The molecule has 2 aromatic rings. The minimum atomic E-state index is -4.71. The third-order valence-electron chi connectivity index (χ3n) is 7.31. The molecular weight excluding hydrogens is 537 g/mol. The quantitative estimate of drug-likeness (QED) is 0.547. The van der Waals surface area contributed by atoms with E-state index in [4.69, 9.17) is 9.47 Å². The summed E-state index contributed by atoms with van der Waals surface area (Å²) in [5, 5.41) is 2.84. The zero-order chi connectivity index (χ0) is 28.8. The summed E-state index contributed by atoms with van der Waals surface area (Å²) in [5.74, 6) is -1.11. The van der Waals surface area contributed by atoms with E-state index in [2.05, 4.69) is 10.3 Å². The lowest BCUT2D eigenvalue weighted by molar-refractivity contribution is -0.137. The molecule has 0 aliphatic carbocycles. The largest absolute Gasteiger partial charge is 0.490 e. The summed E-state index contributed by atoms with van der Waals surface area (Å²) in [4.78, 5) is 16.4. The Morgan fingerprint density at radius 2 is 1.95 bits per heavy atom. The van der Waals surface area contributed by atoms with Crippen molar-refractivity contribution >= 4 is 15.7 Å². The van der Waals surface area contributed by atoms with Crippen molar-refractivity contribution < 1.29 is 35.9 Å². The molecule has 4 rings (SSSR count). The van der Waals surface area contributed by atoms with Crippen LogP contribution in [0.15, 0.2) is 29.3 Å². The lowest BCUT2D eigenvalue weighted by Crippen LogP contribution is -2.65. The molecule has 2 fully saturated rings. The van der Waals surface area contributed by atoms with Crippen molar-refractivity contribution in [3.8, 4) is 5.75 Å². The van der Waals surface area contributed by atoms with Crippen LogP contribution >= 0.6 is 0 Å². The Bertz CT molecular complexity index is 1410. The van der Waals surface area contributed by atoms with Gasteiger partial charge in [-0.1, -0.05) is 20.8 Å². The molecule has 2 atom stereocenters. The van der Waals surface area contributed by atoms with Gasteiger partial charge in [0.2, 0.25) is 0 Å². The SMILES string of the molecule is Cn1c(C(C)(C)C)c/c(=N\C(=O)c2cc(C(F)(F)F)ccc2OC[C@@]2(S(C)(=O)=O)CCN2)n1C[C@H]1CCCO1. The third-order valence-corrected chi connectivity index (χ3v) is 9.20. The molecule has 13 heteroatoms. The van der Waals surface area contributed by atoms with E-state index in [1.165, 1.54) is 0 Å². The molecule has 1 aromatic heterocycles. The standard InChI is InChI=1S/C26H35F3N4O5S/c1-24(2,3)21-14-22(33(32(21)4)15-18-7-6-12-37-18)31-23(34)19-13-17(26(27,28)29)8-9-20(19)38-16-25(10-11-30-25)39(5,35)36/h8-9,13-14,18,30H,6-7,10-12,15-16H2,1-5H3/b31-22+/t18-,25+/m1/s1. The van der Waals surface area contributed by atoms with Crippen LogP contribution in [0.3, 0.4) is 0 Å². The normalized spacial score (nSPS) is 22.7. The molecular formula is C26H35F3N4O5S. The summed E-state index contributed by atoms with van der Waals surface area (Å²) < 4.78 is 80.5. The van der Waals surface area contributed by atoms with Gasteiger partial charge in [0.05, 0.1) is 23.8 Å². The Kier molecular flexibility index (Phi) is 7.82. The first-order valence-electron chi connectivity index (χ1n) is 12.8. The number of nitrogens with zero attached hydrogens (tertiary/aromatic N) is 3. The summed E-state index contributed by atoms with van der Waals surface area (Å²) in [6, 6.07) is 4.27. The smallest absolute Gasteiger partial charge is 0.416 e. The first-order chi connectivity index (χ1) is 18.0. The number of amides is 1. The summed E-state index contributed by atoms with van der Waals surface area (Å²) >= 11 is 0. The van der Waals surface area contributed by atoms with Gasteiger partial charge in [-0.3, -0.25) is 19.5 Å². The number of halogens is 3. The molecule has 0 radical (unpaired) electrons. The molecule has 2 saturated heterocycles. The summed E-state index contributed by atoms with van der Waals surface area (Å²) in [7, 11) is -1.75. The Morgan fingerprint density at radius 3 is 2.46 bits per heavy atom. The Labute approximate surface area is 225 Å². The van der Waals surface area contributed by atoms with Crippen molar-refractivity contribution in [3.63, 3.8) is 0 Å². The van der Waals surface area contributed by atoms with Gasteiger partial charge in [-0.25, -0.2) is 8.42 Å². The van der Waals surface area contributed by atoms with Crippen LogP contribution in [0.1, 0.15) is 61.6 Å². The average Bonchev–Trinajstić information content (AvgIpc) is 3.40. The molecule has 0 saturated carbocycles. The minimum absolute atomic E-state index is 0.0740. The molecule has 9 nitrogen and oxygen atoms in total. The molecule has 39 heavy (non-hydrogen) atoms. The Hall–Kier alpha value is -2.64. The topological polar surface area (TPSA) is 104 Å². The van der Waals surface area contributed by atoms with E-state index in [9.17, 15) is 26.4 Å². The van der Waals surface area contributed by atoms with Crippen molar-refractivity contribution in [2.45, 2.75) is 69.1 Å². The van der Waals surface area contributed by atoms with Crippen LogP contribution < -0.4 is 15.5 Å². The summed E-state index contributed by atoms with van der Waals surface area (Å²) in [5.41, 5.74) is -0.594. The zero-order valence-corrected chi connectivity index (χ0v) is 23.6. The number of hydrogen-bond acceptors (Lipinski definition) is 6. The summed E-state index contributed by atoms with van der Waals surface area (Å²) in [6.07, 6.45) is -1.67. The van der Waals surface area contributed by atoms with Gasteiger partial charge in [0, 0.05) is 37.1 Å². The number of sulfone groups is 1. The van der Waals surface area contributed by atoms with Gasteiger partial charge in [-0.2, -0.15) is 18.2 Å². The molecule has 2 aliphatic rings. The highest BCUT2D eigenvalue weighted by atomic mass is 32.2. The number of rotatable bonds is 7. The molecule has 3 heterocycles. The van der Waals surface area contributed by atoms with E-state index in [0.29, 0.717) is 25.8 Å². The third kappa shape index (κ3) is 6.09. The van der Waals surface area contributed by atoms with Crippen LogP contribution in [0.2, 0.25) is 0 Å². The highest BCUT2D eigenvalue weighted by molar-refractivity contribution is 7.92. The van der Waals surface area contributed by atoms with E-state index in [1.54, 1.807) is 10.7 Å². The Balaban J connectivity index is 1.77. The van der Waals surface area contributed by atoms with Gasteiger partial charge in [0.25, 0.3) is 5.91 Å². The first-order valence-corrected chi connectivity index (χ1v) is 14.7. The lowest BCUT2D eigenvalue weighted by Gasteiger charge is -2.40. The molecule has 1 amide bonds. The monoisotopic (exact) mass is 572 g/mol. The second-order valence-corrected chi connectivity index (χ2v) is 13.6. The first kappa shape index (κ1) is 29.3. The molecule has 0 unspecified atom stereocenters. The second-order valence-electron chi connectivity index (χ2n) is 11.2. The fourth-order valence-corrected chi connectivity index (χ4v) is 5.98. The molecule has 1 aromatic carbocycles. The molecule has 216 valence electrons. The van der Waals surface area contributed by atoms with E-state index in [1.807, 2.05) is 32.5 Å². The number of nitrogens with one attached hydrogen (secondary N) is 1. The highest BCUT2D eigenvalue weighted by Crippen LogP contribution is 2.34. The Morgan fingerprint density at radius 1 is 1.26 bits per heavy atom. The van der Waals surface area contributed by atoms with E-state index in [0.717, 1.165) is 36.9 Å². The summed E-state index contributed by atoms with van der Waals surface area (Å²) in [6.45, 7) is 7.18. The maximum Gasteiger partial charge on any atom is 0.416 e. The van der Waals surface area contributed by atoms with Crippen LogP contribution in [0.5, 0.6) is 5.75 Å². The highest BCUT2D eigenvalue weighted by Gasteiger charge is 2.47. The fourth-order valence-electron chi connectivity index (χ4n) is 4.87. The number of ether oxygens (including phenoxy) is 2. The zero-order valence-electron chi connectivity index (χ0n) is 22.8. The van der Waals surface area contributed by atoms with E-state index < -0.39 is 37.9 Å². The lowest BCUT2D eigenvalue weighted by atomic mass is 9.92. The van der Waals surface area contributed by atoms with Gasteiger partial charge in [0.1, 0.15) is 12.4 Å². The van der Waals surface area contributed by atoms with Gasteiger partial charge in [-0.05, 0) is 44.0 Å². The van der Waals surface area contributed by atoms with Gasteiger partial charge < -0.3 is 9.47 Å². The van der Waals surface area contributed by atoms with Crippen molar-refractivity contribution in [1.29, 1.82) is 0 Å². The van der Waals surface area contributed by atoms with Crippen LogP contribution in [0.4, 0.5) is 13.2 Å². The van der Waals surface area contributed by atoms with Gasteiger partial charge in [0.15, 0.2) is 20.2 Å². The molecule has 0 bridgehead atoms. The number of aromatic nitrogens is 2. The number of carbonyl (C=O) groups is 1. The maximum absolute atomic E-state index is 13.6. The molecule has 2 aliphatic heterocycles. The average molecular weight is 573 g/mol. The number of hydrogen-bond donors (Lipinski definition) is 1. The van der Waals surface area contributed by atoms with Gasteiger partial charge in [-0.15, -0.1) is 0 Å². The van der Waals surface area contributed by atoms with E-state index >= 15 is 0 Å². The van der Waals surface area contributed by atoms with Gasteiger partial charge >= 0.3 is 6.18 Å².